The molecule has 6 heterocycles. The first-order valence-corrected chi connectivity index (χ1v) is 15.8. The number of terminal acetylenes is 1. The van der Waals surface area contributed by atoms with Crippen molar-refractivity contribution in [3.63, 3.8) is 0 Å². The Labute approximate surface area is 263 Å². The summed E-state index contributed by atoms with van der Waals surface area (Å²) in [4.78, 5) is 18.3. The average molecular weight is 631 g/mol. The maximum atomic E-state index is 17.0. The van der Waals surface area contributed by atoms with Crippen molar-refractivity contribution >= 4 is 27.5 Å². The largest absolute Gasteiger partial charge is 0.508 e. The van der Waals surface area contributed by atoms with Crippen LogP contribution in [0.25, 0.3) is 32.9 Å². The summed E-state index contributed by atoms with van der Waals surface area (Å²) in [5.74, 6) is 1.29. The summed E-state index contributed by atoms with van der Waals surface area (Å²) in [7, 11) is 0. The molecule has 2 aromatic carbocycles. The predicted molar refractivity (Wildman–Crippen MR) is 167 cm³/mol. The fourth-order valence-electron chi connectivity index (χ4n) is 8.00. The van der Waals surface area contributed by atoms with Crippen LogP contribution in [0.5, 0.6) is 17.6 Å². The third kappa shape index (κ3) is 4.43. The normalized spacial score (nSPS) is 25.6. The lowest BCUT2D eigenvalue weighted by Crippen LogP contribution is -2.60. The minimum atomic E-state index is -0.931. The Morgan fingerprint density at radius 3 is 2.89 bits per heavy atom. The van der Waals surface area contributed by atoms with Gasteiger partial charge in [0, 0.05) is 43.0 Å². The van der Waals surface area contributed by atoms with Crippen LogP contribution in [0.15, 0.2) is 24.3 Å². The number of halogens is 3. The average Bonchev–Trinajstić information content (AvgIpc) is 3.52. The van der Waals surface area contributed by atoms with Gasteiger partial charge in [-0.2, -0.15) is 9.97 Å². The van der Waals surface area contributed by atoms with E-state index in [4.69, 9.17) is 20.9 Å². The van der Waals surface area contributed by atoms with Crippen molar-refractivity contribution < 1.29 is 27.8 Å². The molecule has 0 bridgehead atoms. The Morgan fingerprint density at radius 2 is 2.07 bits per heavy atom. The number of nitrogens with one attached hydrogen (secondary N) is 1. The van der Waals surface area contributed by atoms with Gasteiger partial charge in [0.15, 0.2) is 5.82 Å². The van der Waals surface area contributed by atoms with Crippen molar-refractivity contribution in [2.75, 3.05) is 44.3 Å². The quantitative estimate of drug-likeness (QED) is 0.304. The fraction of sp³-hybridized carbons (Fsp3) is 0.441. The number of nitrogens with zero attached hydrogens (tertiary/aromatic N) is 5. The molecule has 8 rings (SSSR count). The zero-order valence-corrected chi connectivity index (χ0v) is 25.3. The number of rotatable bonds is 5. The third-order valence-corrected chi connectivity index (χ3v) is 10.1. The molecular weight excluding hydrogens is 597 g/mol. The van der Waals surface area contributed by atoms with Crippen molar-refractivity contribution in [3.8, 4) is 41.2 Å². The molecule has 0 unspecified atom stereocenters. The van der Waals surface area contributed by atoms with Gasteiger partial charge in [-0.15, -0.1) is 6.42 Å². The molecular formula is C34H33F3N6O3. The first-order chi connectivity index (χ1) is 22.3. The minimum Gasteiger partial charge on any atom is -0.508 e. The maximum absolute atomic E-state index is 17.0. The zero-order chi connectivity index (χ0) is 31.7. The van der Waals surface area contributed by atoms with E-state index in [0.29, 0.717) is 42.6 Å². The van der Waals surface area contributed by atoms with E-state index >= 15 is 4.39 Å². The van der Waals surface area contributed by atoms with Crippen LogP contribution in [0.1, 0.15) is 38.2 Å². The number of phenols is 1. The molecule has 0 aliphatic carbocycles. The van der Waals surface area contributed by atoms with Crippen LogP contribution in [-0.4, -0.2) is 88.1 Å². The minimum absolute atomic E-state index is 0.0311. The summed E-state index contributed by atoms with van der Waals surface area (Å²) in [6, 6.07) is 5.32. The number of fused-ring (bicyclic) bond motifs is 4. The van der Waals surface area contributed by atoms with Crippen LogP contribution in [0.2, 0.25) is 0 Å². The smallest absolute Gasteiger partial charge is 0.319 e. The lowest BCUT2D eigenvalue weighted by molar-refractivity contribution is 0.107. The number of benzene rings is 2. The molecule has 4 aliphatic rings. The first kappa shape index (κ1) is 29.1. The van der Waals surface area contributed by atoms with Crippen molar-refractivity contribution in [2.24, 2.45) is 0 Å². The summed E-state index contributed by atoms with van der Waals surface area (Å²) in [6.07, 6.45) is 7.71. The Bertz CT molecular complexity index is 1930. The van der Waals surface area contributed by atoms with Crippen molar-refractivity contribution in [2.45, 2.75) is 56.4 Å². The zero-order valence-electron chi connectivity index (χ0n) is 25.3. The topological polar surface area (TPSA) is 95.9 Å². The van der Waals surface area contributed by atoms with E-state index in [1.54, 1.807) is 0 Å². The fourth-order valence-corrected chi connectivity index (χ4v) is 8.00. The molecule has 238 valence electrons. The molecule has 9 nitrogen and oxygen atoms in total. The van der Waals surface area contributed by atoms with Gasteiger partial charge >= 0.3 is 6.01 Å². The maximum Gasteiger partial charge on any atom is 0.319 e. The van der Waals surface area contributed by atoms with E-state index in [1.807, 2.05) is 0 Å². The number of aromatic nitrogens is 3. The van der Waals surface area contributed by atoms with Gasteiger partial charge in [0.25, 0.3) is 0 Å². The highest BCUT2D eigenvalue weighted by atomic mass is 19.1. The van der Waals surface area contributed by atoms with Crippen molar-refractivity contribution in [3.05, 3.63) is 41.5 Å². The van der Waals surface area contributed by atoms with Crippen molar-refractivity contribution in [1.29, 1.82) is 0 Å². The molecule has 0 saturated carbocycles. The number of phenolic OH excluding ortho intramolecular Hbond substituents is 1. The van der Waals surface area contributed by atoms with E-state index in [9.17, 15) is 13.9 Å². The molecule has 4 aromatic rings. The summed E-state index contributed by atoms with van der Waals surface area (Å²) < 4.78 is 59.0. The molecule has 0 spiro atoms. The number of anilines is 1. The number of aromatic hydroxyl groups is 1. The number of hydrogen-bond donors (Lipinski definition) is 2. The summed E-state index contributed by atoms with van der Waals surface area (Å²) in [5.41, 5.74) is -0.728. The highest BCUT2D eigenvalue weighted by Crippen LogP contribution is 2.45. The SMILES string of the molecule is C#Cc1c(F)ccc2cc(O)cc(-c3nc4c5c(nc(OC[C@@]67CCCN6C[C@H](F)C7)nc5c3F)N3CCN[C@@H](CC)[C@H]3CO4)c12. The number of alkyl halides is 1. The Hall–Kier alpha value is -4.34. The molecule has 4 aliphatic heterocycles. The van der Waals surface area contributed by atoms with Crippen molar-refractivity contribution in [1.82, 2.24) is 25.2 Å². The second-order valence-corrected chi connectivity index (χ2v) is 12.7. The predicted octanol–water partition coefficient (Wildman–Crippen LogP) is 4.71. The summed E-state index contributed by atoms with van der Waals surface area (Å²) in [5, 5.41) is 15.1. The van der Waals surface area contributed by atoms with E-state index in [0.717, 1.165) is 25.8 Å². The number of piperazine rings is 1. The Kier molecular flexibility index (Phi) is 6.88. The van der Waals surface area contributed by atoms with Crippen LogP contribution in [0, 0.1) is 24.0 Å². The third-order valence-electron chi connectivity index (χ3n) is 10.1. The Morgan fingerprint density at radius 1 is 1.20 bits per heavy atom. The standard InChI is InChI=1S/C34H33F3N6O3/c1-3-21-23(36)7-6-18-12-20(44)13-22(26(18)21)29-28(37)30-27-31(43-11-9-38-24(4-2)25(43)16-45-32(27)39-29)41-33(40-30)46-17-34-8-5-10-42(34)15-19(35)14-34/h1,6-7,12-13,19,24-25,38,44H,4-5,8-11,14-17H2,2H3/t19-,24+,25-,34+/m1/s1. The lowest BCUT2D eigenvalue weighted by Gasteiger charge is -2.41. The molecule has 12 heteroatoms. The molecule has 3 fully saturated rings. The second kappa shape index (κ2) is 10.9. The van der Waals surface area contributed by atoms with Gasteiger partial charge in [-0.25, -0.2) is 18.2 Å². The highest BCUT2D eigenvalue weighted by Gasteiger charge is 2.49. The molecule has 2 aromatic heterocycles. The van der Waals surface area contributed by atoms with Crippen LogP contribution in [-0.2, 0) is 0 Å². The molecule has 3 saturated heterocycles. The van der Waals surface area contributed by atoms with E-state index in [-0.39, 0.29) is 70.7 Å². The second-order valence-electron chi connectivity index (χ2n) is 12.7. The molecule has 4 atom stereocenters. The van der Waals surface area contributed by atoms with E-state index in [2.05, 4.69) is 37.9 Å². The van der Waals surface area contributed by atoms with E-state index in [1.165, 1.54) is 24.3 Å². The van der Waals surface area contributed by atoms with Gasteiger partial charge in [-0.1, -0.05) is 18.9 Å². The highest BCUT2D eigenvalue weighted by molar-refractivity contribution is 6.04. The van der Waals surface area contributed by atoms with Crippen LogP contribution >= 0.6 is 0 Å². The monoisotopic (exact) mass is 630 g/mol. The first-order valence-electron chi connectivity index (χ1n) is 15.8. The van der Waals surface area contributed by atoms with Gasteiger partial charge in [0.05, 0.1) is 17.1 Å². The summed E-state index contributed by atoms with van der Waals surface area (Å²) >= 11 is 0. The molecule has 46 heavy (non-hydrogen) atoms. The lowest BCUT2D eigenvalue weighted by atomic mass is 9.95. The van der Waals surface area contributed by atoms with Gasteiger partial charge in [0.2, 0.25) is 5.88 Å². The summed E-state index contributed by atoms with van der Waals surface area (Å²) in [6.45, 7) is 4.94. The van der Waals surface area contributed by atoms with Gasteiger partial charge in [-0.3, -0.25) is 4.90 Å². The van der Waals surface area contributed by atoms with Crippen LogP contribution < -0.4 is 19.7 Å². The number of pyridine rings is 1. The molecule has 0 amide bonds. The number of hydrogen-bond acceptors (Lipinski definition) is 9. The van der Waals surface area contributed by atoms with E-state index < -0.39 is 23.3 Å². The van der Waals surface area contributed by atoms with Gasteiger partial charge in [-0.05, 0) is 49.4 Å². The molecule has 2 N–H and O–H groups in total. The van der Waals surface area contributed by atoms with Crippen LogP contribution in [0.3, 0.4) is 0 Å². The van der Waals surface area contributed by atoms with Gasteiger partial charge in [0.1, 0.15) is 53.4 Å². The molecule has 0 radical (unpaired) electrons. The number of ether oxygens (including phenoxy) is 2. The van der Waals surface area contributed by atoms with Crippen LogP contribution in [0.4, 0.5) is 19.0 Å². The Balaban J connectivity index is 1.33. The van der Waals surface area contributed by atoms with Gasteiger partial charge < -0.3 is 24.8 Å².